The minimum atomic E-state index is -1.37. The summed E-state index contributed by atoms with van der Waals surface area (Å²) in [6.45, 7) is 0. The lowest BCUT2D eigenvalue weighted by atomic mass is 9.89. The van der Waals surface area contributed by atoms with Gasteiger partial charge in [0.2, 0.25) is 0 Å². The molecule has 0 aliphatic carbocycles. The van der Waals surface area contributed by atoms with Crippen LogP contribution in [0.4, 0.5) is 5.69 Å². The Bertz CT molecular complexity index is 1680. The summed E-state index contributed by atoms with van der Waals surface area (Å²) >= 11 is 12.3. The standard InChI is InChI=1S/C34H28Cl2N2O6/c1-41-29-15-9-23(19-30(29)42-2)34(17-4-18-37-34)33(40)38-26-14-16-28(27(20-26)32(39)43-3)44-31(21-5-10-24(35)11-6-21)22-7-12-25(36)13-8-22/h4-20,31H,1-3H3,(H,38,40). The van der Waals surface area contributed by atoms with Crippen molar-refractivity contribution >= 4 is 47.0 Å². The number of benzene rings is 4. The highest BCUT2D eigenvalue weighted by atomic mass is 35.5. The van der Waals surface area contributed by atoms with Crippen molar-refractivity contribution in [3.05, 3.63) is 129 Å². The Kier molecular flexibility index (Phi) is 9.23. The number of amides is 1. The normalized spacial score (nSPS) is 15.2. The Hall–Kier alpha value is -4.79. The van der Waals surface area contributed by atoms with Gasteiger partial charge in [-0.25, -0.2) is 4.79 Å². The number of nitrogens with one attached hydrogen (secondary N) is 1. The summed E-state index contributed by atoms with van der Waals surface area (Å²) in [5.41, 5.74) is 1.25. The smallest absolute Gasteiger partial charge is 0.341 e. The van der Waals surface area contributed by atoms with E-state index in [9.17, 15) is 9.59 Å². The fourth-order valence-corrected chi connectivity index (χ4v) is 5.08. The molecule has 1 aliphatic rings. The second-order valence-corrected chi connectivity index (χ2v) is 10.6. The molecule has 4 aromatic carbocycles. The average molecular weight is 632 g/mol. The van der Waals surface area contributed by atoms with Crippen molar-refractivity contribution in [3.8, 4) is 17.2 Å². The summed E-state index contributed by atoms with van der Waals surface area (Å²) in [5, 5.41) is 4.05. The first-order valence-corrected chi connectivity index (χ1v) is 14.2. The molecule has 1 amide bonds. The number of rotatable bonds is 10. The highest BCUT2D eigenvalue weighted by molar-refractivity contribution is 6.30. The molecule has 0 saturated carbocycles. The Morgan fingerprint density at radius 2 is 1.39 bits per heavy atom. The van der Waals surface area contributed by atoms with Gasteiger partial charge in [0.1, 0.15) is 17.4 Å². The molecular formula is C34H28Cl2N2O6. The molecule has 10 heteroatoms. The molecule has 0 spiro atoms. The highest BCUT2D eigenvalue weighted by Crippen LogP contribution is 2.38. The average Bonchev–Trinajstić information content (AvgIpc) is 3.56. The first-order chi connectivity index (χ1) is 21.3. The van der Waals surface area contributed by atoms with Crippen molar-refractivity contribution in [2.24, 2.45) is 4.99 Å². The van der Waals surface area contributed by atoms with Crippen LogP contribution in [0.3, 0.4) is 0 Å². The summed E-state index contributed by atoms with van der Waals surface area (Å²) in [4.78, 5) is 31.3. The Morgan fingerprint density at radius 3 is 1.93 bits per heavy atom. The molecule has 4 aromatic rings. The molecule has 0 radical (unpaired) electrons. The number of anilines is 1. The van der Waals surface area contributed by atoms with E-state index in [4.69, 9.17) is 42.1 Å². The number of hydrogen-bond donors (Lipinski definition) is 1. The summed E-state index contributed by atoms with van der Waals surface area (Å²) in [6.07, 6.45) is 4.33. The first kappa shape index (κ1) is 30.7. The van der Waals surface area contributed by atoms with Gasteiger partial charge in [0.25, 0.3) is 5.91 Å². The van der Waals surface area contributed by atoms with Crippen LogP contribution >= 0.6 is 23.2 Å². The number of allylic oxidation sites excluding steroid dienone is 1. The largest absolute Gasteiger partial charge is 0.493 e. The van der Waals surface area contributed by atoms with Gasteiger partial charge >= 0.3 is 5.97 Å². The van der Waals surface area contributed by atoms with E-state index in [1.54, 1.807) is 73.0 Å². The van der Waals surface area contributed by atoms with E-state index in [-0.39, 0.29) is 11.3 Å². The lowest BCUT2D eigenvalue weighted by molar-refractivity contribution is -0.119. The fourth-order valence-electron chi connectivity index (χ4n) is 4.83. The van der Waals surface area contributed by atoms with Crippen molar-refractivity contribution in [2.75, 3.05) is 26.6 Å². The molecule has 8 nitrogen and oxygen atoms in total. The van der Waals surface area contributed by atoms with Crippen molar-refractivity contribution in [1.29, 1.82) is 0 Å². The summed E-state index contributed by atoms with van der Waals surface area (Å²) in [7, 11) is 4.33. The third-order valence-electron chi connectivity index (χ3n) is 7.10. The van der Waals surface area contributed by atoms with Crippen LogP contribution in [0.5, 0.6) is 17.2 Å². The van der Waals surface area contributed by atoms with Crippen molar-refractivity contribution in [1.82, 2.24) is 0 Å². The number of hydrogen-bond acceptors (Lipinski definition) is 7. The van der Waals surface area contributed by atoms with E-state index in [0.29, 0.717) is 32.8 Å². The van der Waals surface area contributed by atoms with E-state index in [1.807, 2.05) is 24.3 Å². The molecule has 0 aromatic heterocycles. The minimum Gasteiger partial charge on any atom is -0.493 e. The number of aliphatic imine (C=N–C) groups is 1. The topological polar surface area (TPSA) is 95.5 Å². The number of nitrogens with zero attached hydrogens (tertiary/aromatic N) is 1. The van der Waals surface area contributed by atoms with Crippen molar-refractivity contribution in [3.63, 3.8) is 0 Å². The van der Waals surface area contributed by atoms with Crippen LogP contribution in [0.15, 0.2) is 102 Å². The molecule has 1 heterocycles. The minimum absolute atomic E-state index is 0.115. The molecular weight excluding hydrogens is 603 g/mol. The molecule has 0 bridgehead atoms. The number of halogens is 2. The monoisotopic (exact) mass is 630 g/mol. The van der Waals surface area contributed by atoms with Gasteiger partial charge in [0, 0.05) is 21.9 Å². The number of carbonyl (C=O) groups is 2. The number of methoxy groups -OCH3 is 3. The summed E-state index contributed by atoms with van der Waals surface area (Å²) in [5.74, 6) is 0.137. The maximum atomic E-state index is 13.8. The molecule has 5 rings (SSSR count). The second-order valence-electron chi connectivity index (χ2n) is 9.73. The number of ether oxygens (including phenoxy) is 4. The van der Waals surface area contributed by atoms with Crippen LogP contribution in [-0.2, 0) is 15.1 Å². The molecule has 1 aliphatic heterocycles. The Labute approximate surface area is 264 Å². The van der Waals surface area contributed by atoms with Crippen molar-refractivity contribution in [2.45, 2.75) is 11.6 Å². The van der Waals surface area contributed by atoms with Crippen LogP contribution in [0, 0.1) is 0 Å². The summed E-state index contributed by atoms with van der Waals surface area (Å²) < 4.78 is 22.3. The highest BCUT2D eigenvalue weighted by Gasteiger charge is 2.39. The Morgan fingerprint density at radius 1 is 0.773 bits per heavy atom. The van der Waals surface area contributed by atoms with Crippen LogP contribution in [0.1, 0.15) is 33.2 Å². The van der Waals surface area contributed by atoms with Gasteiger partial charge in [0.05, 0.1) is 21.3 Å². The molecule has 1 N–H and O–H groups in total. The molecule has 1 unspecified atom stereocenters. The van der Waals surface area contributed by atoms with Crippen LogP contribution in [-0.4, -0.2) is 39.4 Å². The van der Waals surface area contributed by atoms with Gasteiger partial charge in [-0.1, -0.05) is 53.5 Å². The maximum absolute atomic E-state index is 13.8. The van der Waals surface area contributed by atoms with E-state index in [0.717, 1.165) is 11.1 Å². The molecule has 1 atom stereocenters. The van der Waals surface area contributed by atoms with Gasteiger partial charge in [-0.15, -0.1) is 0 Å². The van der Waals surface area contributed by atoms with E-state index >= 15 is 0 Å². The van der Waals surface area contributed by atoms with E-state index in [2.05, 4.69) is 10.3 Å². The zero-order valence-electron chi connectivity index (χ0n) is 24.0. The maximum Gasteiger partial charge on any atom is 0.341 e. The molecule has 0 saturated heterocycles. The van der Waals surface area contributed by atoms with Crippen molar-refractivity contribution < 1.29 is 28.5 Å². The quantitative estimate of drug-likeness (QED) is 0.183. The van der Waals surface area contributed by atoms with Crippen LogP contribution in [0.25, 0.3) is 0 Å². The zero-order valence-corrected chi connectivity index (χ0v) is 25.6. The molecule has 0 fully saturated rings. The zero-order chi connectivity index (χ0) is 31.3. The fraction of sp³-hybridized carbons (Fsp3) is 0.147. The van der Waals surface area contributed by atoms with Gasteiger partial charge in [-0.2, -0.15) is 0 Å². The van der Waals surface area contributed by atoms with Gasteiger partial charge in [-0.3, -0.25) is 9.79 Å². The second kappa shape index (κ2) is 13.2. The SMILES string of the molecule is COC(=O)c1cc(NC(=O)C2(c3ccc(OC)c(OC)c3)C=CC=N2)ccc1OC(c1ccc(Cl)cc1)c1ccc(Cl)cc1. The van der Waals surface area contributed by atoms with Gasteiger partial charge in [-0.05, 0) is 83.4 Å². The predicted molar refractivity (Wildman–Crippen MR) is 171 cm³/mol. The summed E-state index contributed by atoms with van der Waals surface area (Å²) in [6, 6.07) is 24.3. The lowest BCUT2D eigenvalue weighted by Gasteiger charge is -2.25. The van der Waals surface area contributed by atoms with Gasteiger partial charge in [0.15, 0.2) is 17.0 Å². The molecule has 44 heavy (non-hydrogen) atoms. The van der Waals surface area contributed by atoms with E-state index in [1.165, 1.54) is 27.4 Å². The lowest BCUT2D eigenvalue weighted by Crippen LogP contribution is -2.36. The third-order valence-corrected chi connectivity index (χ3v) is 7.61. The predicted octanol–water partition coefficient (Wildman–Crippen LogP) is 7.44. The van der Waals surface area contributed by atoms with E-state index < -0.39 is 23.5 Å². The third kappa shape index (κ3) is 6.27. The molecule has 224 valence electrons. The van der Waals surface area contributed by atoms with Crippen LogP contribution < -0.4 is 19.5 Å². The number of carbonyl (C=O) groups excluding carboxylic acids is 2. The van der Waals surface area contributed by atoms with Crippen LogP contribution in [0.2, 0.25) is 10.0 Å². The van der Waals surface area contributed by atoms with Gasteiger partial charge < -0.3 is 24.3 Å². The number of esters is 1. The first-order valence-electron chi connectivity index (χ1n) is 13.4. The Balaban J connectivity index is 1.48.